The number of hydrogen-bond acceptors (Lipinski definition) is 5. The van der Waals surface area contributed by atoms with E-state index in [1.54, 1.807) is 12.1 Å². The average molecular weight is 356 g/mol. The van der Waals surface area contributed by atoms with Crippen LogP contribution in [0.5, 0.6) is 5.75 Å². The lowest BCUT2D eigenvalue weighted by molar-refractivity contribution is -0.123. The van der Waals surface area contributed by atoms with Crippen LogP contribution in [0.1, 0.15) is 36.2 Å². The minimum absolute atomic E-state index is 0.0720. The fourth-order valence-electron chi connectivity index (χ4n) is 2.15. The summed E-state index contributed by atoms with van der Waals surface area (Å²) in [5.74, 6) is -0.447. The van der Waals surface area contributed by atoms with Crippen molar-refractivity contribution in [1.82, 2.24) is 5.32 Å². The molecule has 0 saturated heterocycles. The largest absolute Gasteiger partial charge is 0.482 e. The maximum atomic E-state index is 12.2. The maximum Gasteiger partial charge on any atom is 0.338 e. The Kier molecular flexibility index (Phi) is 7.02. The van der Waals surface area contributed by atoms with E-state index in [0.29, 0.717) is 11.3 Å². The molecule has 3 N–H and O–H groups in total. The number of esters is 1. The number of nitrogens with two attached hydrogens (primary N) is 1. The molecule has 0 spiro atoms. The van der Waals surface area contributed by atoms with Crippen LogP contribution in [0.25, 0.3) is 0 Å². The van der Waals surface area contributed by atoms with Gasteiger partial charge in [0.15, 0.2) is 6.61 Å². The Labute approximate surface area is 153 Å². The summed E-state index contributed by atoms with van der Waals surface area (Å²) in [5, 5.41) is 2.80. The van der Waals surface area contributed by atoms with Crippen molar-refractivity contribution >= 4 is 17.6 Å². The molecule has 2 rings (SSSR count). The molecule has 6 heteroatoms. The van der Waals surface area contributed by atoms with E-state index in [2.05, 4.69) is 5.32 Å². The Balaban J connectivity index is 1.95. The van der Waals surface area contributed by atoms with Crippen molar-refractivity contribution in [3.8, 4) is 5.75 Å². The zero-order valence-electron chi connectivity index (χ0n) is 15.0. The molecule has 1 unspecified atom stereocenters. The summed E-state index contributed by atoms with van der Waals surface area (Å²) in [4.78, 5) is 24.0. The first-order valence-electron chi connectivity index (χ1n) is 8.52. The van der Waals surface area contributed by atoms with Crippen LogP contribution in [0, 0.1) is 0 Å². The second-order valence-electron chi connectivity index (χ2n) is 5.98. The molecule has 0 fully saturated rings. The van der Waals surface area contributed by atoms with Crippen molar-refractivity contribution in [2.24, 2.45) is 0 Å². The summed E-state index contributed by atoms with van der Waals surface area (Å²) in [7, 11) is 0. The van der Waals surface area contributed by atoms with Gasteiger partial charge >= 0.3 is 5.97 Å². The number of amides is 1. The van der Waals surface area contributed by atoms with E-state index in [4.69, 9.17) is 15.2 Å². The van der Waals surface area contributed by atoms with Crippen molar-refractivity contribution < 1.29 is 19.1 Å². The molecular weight excluding hydrogens is 332 g/mol. The molecular formula is C20H24N2O4. The van der Waals surface area contributed by atoms with Crippen molar-refractivity contribution in [2.45, 2.75) is 32.9 Å². The first kappa shape index (κ1) is 19.3. The summed E-state index contributed by atoms with van der Waals surface area (Å²) in [6.07, 6.45) is 0.830. The molecule has 2 aromatic rings. The van der Waals surface area contributed by atoms with Crippen molar-refractivity contribution in [2.75, 3.05) is 12.3 Å². The molecule has 26 heavy (non-hydrogen) atoms. The van der Waals surface area contributed by atoms with Crippen molar-refractivity contribution in [3.05, 3.63) is 59.7 Å². The van der Waals surface area contributed by atoms with Gasteiger partial charge in [0, 0.05) is 6.04 Å². The SMILES string of the molecule is CCC(C)NC(=O)COc1cc(C(=O)OCc2ccccc2)ccc1N. The molecule has 0 aliphatic carbocycles. The molecule has 0 aliphatic rings. The monoisotopic (exact) mass is 356 g/mol. The number of rotatable bonds is 8. The lowest BCUT2D eigenvalue weighted by atomic mass is 10.2. The summed E-state index contributed by atoms with van der Waals surface area (Å²) in [6.45, 7) is 3.90. The quantitative estimate of drug-likeness (QED) is 0.561. The molecule has 0 aliphatic heterocycles. The summed E-state index contributed by atoms with van der Waals surface area (Å²) in [5.41, 5.74) is 7.42. The highest BCUT2D eigenvalue weighted by molar-refractivity contribution is 5.90. The third kappa shape index (κ3) is 5.81. The van der Waals surface area contributed by atoms with Crippen LogP contribution in [-0.2, 0) is 16.1 Å². The van der Waals surface area contributed by atoms with Crippen LogP contribution in [0.2, 0.25) is 0 Å². The van der Waals surface area contributed by atoms with Crippen LogP contribution in [-0.4, -0.2) is 24.5 Å². The smallest absolute Gasteiger partial charge is 0.338 e. The first-order chi connectivity index (χ1) is 12.5. The van der Waals surface area contributed by atoms with Gasteiger partial charge in [0.25, 0.3) is 5.91 Å². The van der Waals surface area contributed by atoms with Gasteiger partial charge in [-0.3, -0.25) is 4.79 Å². The third-order valence-electron chi connectivity index (χ3n) is 3.84. The van der Waals surface area contributed by atoms with E-state index in [1.807, 2.05) is 44.2 Å². The normalized spacial score (nSPS) is 11.5. The molecule has 0 aromatic heterocycles. The Morgan fingerprint density at radius 1 is 1.15 bits per heavy atom. The van der Waals surface area contributed by atoms with Gasteiger partial charge in [-0.2, -0.15) is 0 Å². The van der Waals surface area contributed by atoms with Crippen LogP contribution in [0.4, 0.5) is 5.69 Å². The Hall–Kier alpha value is -3.02. The molecule has 0 saturated carbocycles. The van der Waals surface area contributed by atoms with E-state index in [1.165, 1.54) is 6.07 Å². The predicted molar refractivity (Wildman–Crippen MR) is 99.8 cm³/mol. The van der Waals surface area contributed by atoms with Crippen LogP contribution >= 0.6 is 0 Å². The topological polar surface area (TPSA) is 90.6 Å². The predicted octanol–water partition coefficient (Wildman–Crippen LogP) is 2.92. The van der Waals surface area contributed by atoms with Gasteiger partial charge in [-0.15, -0.1) is 0 Å². The third-order valence-corrected chi connectivity index (χ3v) is 3.84. The van der Waals surface area contributed by atoms with Crippen molar-refractivity contribution in [3.63, 3.8) is 0 Å². The number of benzene rings is 2. The standard InChI is InChI=1S/C20H24N2O4/c1-3-14(2)22-19(23)13-25-18-11-16(9-10-17(18)21)20(24)26-12-15-7-5-4-6-8-15/h4-11,14H,3,12-13,21H2,1-2H3,(H,22,23). The van der Waals surface area contributed by atoms with Gasteiger partial charge in [-0.05, 0) is 37.1 Å². The maximum absolute atomic E-state index is 12.2. The molecule has 138 valence electrons. The summed E-state index contributed by atoms with van der Waals surface area (Å²) < 4.78 is 10.7. The molecule has 0 heterocycles. The highest BCUT2D eigenvalue weighted by atomic mass is 16.5. The number of nitrogens with one attached hydrogen (secondary N) is 1. The lowest BCUT2D eigenvalue weighted by Crippen LogP contribution is -2.35. The van der Waals surface area contributed by atoms with E-state index in [-0.39, 0.29) is 30.9 Å². The summed E-state index contributed by atoms with van der Waals surface area (Å²) >= 11 is 0. The number of carbonyl (C=O) groups is 2. The highest BCUT2D eigenvalue weighted by Crippen LogP contribution is 2.23. The minimum Gasteiger partial charge on any atom is -0.482 e. The highest BCUT2D eigenvalue weighted by Gasteiger charge is 2.13. The zero-order valence-corrected chi connectivity index (χ0v) is 15.0. The lowest BCUT2D eigenvalue weighted by Gasteiger charge is -2.13. The van der Waals surface area contributed by atoms with Gasteiger partial charge in [-0.1, -0.05) is 37.3 Å². The van der Waals surface area contributed by atoms with Gasteiger partial charge in [0.1, 0.15) is 12.4 Å². The Bertz CT molecular complexity index is 747. The molecule has 0 radical (unpaired) electrons. The Morgan fingerprint density at radius 3 is 2.58 bits per heavy atom. The Morgan fingerprint density at radius 2 is 1.88 bits per heavy atom. The van der Waals surface area contributed by atoms with Gasteiger partial charge in [0.2, 0.25) is 0 Å². The fraction of sp³-hybridized carbons (Fsp3) is 0.300. The number of hydrogen-bond donors (Lipinski definition) is 2. The molecule has 1 atom stereocenters. The van der Waals surface area contributed by atoms with E-state index in [0.717, 1.165) is 12.0 Å². The number of anilines is 1. The molecule has 1 amide bonds. The molecule has 0 bridgehead atoms. The van der Waals surface area contributed by atoms with Crippen molar-refractivity contribution in [1.29, 1.82) is 0 Å². The zero-order chi connectivity index (χ0) is 18.9. The first-order valence-corrected chi connectivity index (χ1v) is 8.52. The van der Waals surface area contributed by atoms with E-state index in [9.17, 15) is 9.59 Å². The van der Waals surface area contributed by atoms with Gasteiger partial charge in [-0.25, -0.2) is 4.79 Å². The molecule has 2 aromatic carbocycles. The second kappa shape index (κ2) is 9.46. The number of nitrogen functional groups attached to an aromatic ring is 1. The van der Waals surface area contributed by atoms with E-state index < -0.39 is 5.97 Å². The van der Waals surface area contributed by atoms with E-state index >= 15 is 0 Å². The van der Waals surface area contributed by atoms with Gasteiger partial charge in [0.05, 0.1) is 11.3 Å². The van der Waals surface area contributed by atoms with Gasteiger partial charge < -0.3 is 20.5 Å². The van der Waals surface area contributed by atoms with Crippen LogP contribution < -0.4 is 15.8 Å². The van der Waals surface area contributed by atoms with Crippen LogP contribution in [0.3, 0.4) is 0 Å². The average Bonchev–Trinajstić information content (AvgIpc) is 2.66. The number of ether oxygens (including phenoxy) is 2. The number of carbonyl (C=O) groups excluding carboxylic acids is 2. The second-order valence-corrected chi connectivity index (χ2v) is 5.98. The summed E-state index contributed by atoms with van der Waals surface area (Å²) in [6, 6.07) is 14.1. The van der Waals surface area contributed by atoms with Crippen LogP contribution in [0.15, 0.2) is 48.5 Å². The minimum atomic E-state index is -0.484. The molecule has 6 nitrogen and oxygen atoms in total. The fourth-order valence-corrected chi connectivity index (χ4v) is 2.15.